The summed E-state index contributed by atoms with van der Waals surface area (Å²) >= 11 is 0. The highest BCUT2D eigenvalue weighted by Crippen LogP contribution is 2.28. The molecule has 0 aliphatic rings. The highest BCUT2D eigenvalue weighted by atomic mass is 16.5. The second-order valence-electron chi connectivity index (χ2n) is 2.34. The van der Waals surface area contributed by atoms with E-state index in [1.807, 2.05) is 6.92 Å². The van der Waals surface area contributed by atoms with Crippen molar-refractivity contribution >= 4 is 5.69 Å². The van der Waals surface area contributed by atoms with Crippen LogP contribution in [0.5, 0.6) is 11.5 Å². The predicted octanol–water partition coefficient (Wildman–Crippen LogP) is 1.68. The Kier molecular flexibility index (Phi) is 2.80. The molecule has 12 heavy (non-hydrogen) atoms. The van der Waals surface area contributed by atoms with Gasteiger partial charge in [-0.3, -0.25) is 0 Å². The summed E-state index contributed by atoms with van der Waals surface area (Å²) in [5, 5.41) is 0. The molecule has 0 heterocycles. The summed E-state index contributed by atoms with van der Waals surface area (Å²) in [6.45, 7) is 2.53. The quantitative estimate of drug-likeness (QED) is 0.696. The van der Waals surface area contributed by atoms with E-state index in [1.54, 1.807) is 25.3 Å². The monoisotopic (exact) mass is 167 g/mol. The van der Waals surface area contributed by atoms with Crippen LogP contribution in [0.1, 0.15) is 6.92 Å². The van der Waals surface area contributed by atoms with Gasteiger partial charge in [0.25, 0.3) is 0 Å². The number of rotatable bonds is 3. The highest BCUT2D eigenvalue weighted by Gasteiger charge is 2.02. The molecule has 66 valence electrons. The minimum atomic E-state index is 0.611. The fourth-order valence-corrected chi connectivity index (χ4v) is 0.962. The predicted molar refractivity (Wildman–Crippen MR) is 48.6 cm³/mol. The van der Waals surface area contributed by atoms with Crippen LogP contribution in [0.4, 0.5) is 5.69 Å². The van der Waals surface area contributed by atoms with Crippen LogP contribution < -0.4 is 15.2 Å². The van der Waals surface area contributed by atoms with Crippen molar-refractivity contribution < 1.29 is 9.47 Å². The van der Waals surface area contributed by atoms with Crippen molar-refractivity contribution in [1.29, 1.82) is 0 Å². The third-order valence-corrected chi connectivity index (χ3v) is 1.49. The van der Waals surface area contributed by atoms with Crippen LogP contribution >= 0.6 is 0 Å². The molecular weight excluding hydrogens is 154 g/mol. The van der Waals surface area contributed by atoms with Crippen LogP contribution in [-0.2, 0) is 0 Å². The van der Waals surface area contributed by atoms with Crippen LogP contribution in [0.25, 0.3) is 0 Å². The summed E-state index contributed by atoms with van der Waals surface area (Å²) in [5.41, 5.74) is 6.26. The molecule has 0 unspecified atom stereocenters. The third kappa shape index (κ3) is 1.81. The maximum atomic E-state index is 5.58. The second-order valence-corrected chi connectivity index (χ2v) is 2.34. The van der Waals surface area contributed by atoms with E-state index in [1.165, 1.54) is 0 Å². The summed E-state index contributed by atoms with van der Waals surface area (Å²) in [6, 6.07) is 5.32. The molecule has 3 heteroatoms. The molecule has 2 N–H and O–H groups in total. The topological polar surface area (TPSA) is 44.5 Å². The molecule has 0 spiro atoms. The Morgan fingerprint density at radius 3 is 2.67 bits per heavy atom. The molecule has 0 bridgehead atoms. The first-order valence-corrected chi connectivity index (χ1v) is 3.84. The normalized spacial score (nSPS) is 9.50. The van der Waals surface area contributed by atoms with E-state index < -0.39 is 0 Å². The van der Waals surface area contributed by atoms with Crippen LogP contribution in [0.15, 0.2) is 18.2 Å². The van der Waals surface area contributed by atoms with Gasteiger partial charge in [-0.25, -0.2) is 0 Å². The minimum Gasteiger partial charge on any atom is -0.493 e. The van der Waals surface area contributed by atoms with Crippen molar-refractivity contribution in [3.05, 3.63) is 18.2 Å². The first kappa shape index (κ1) is 8.71. The van der Waals surface area contributed by atoms with Gasteiger partial charge in [0.2, 0.25) is 0 Å². The van der Waals surface area contributed by atoms with E-state index in [0.717, 1.165) is 0 Å². The van der Waals surface area contributed by atoms with Gasteiger partial charge in [-0.1, -0.05) is 0 Å². The zero-order valence-electron chi connectivity index (χ0n) is 7.33. The van der Waals surface area contributed by atoms with Crippen LogP contribution in [0, 0.1) is 0 Å². The minimum absolute atomic E-state index is 0.611. The summed E-state index contributed by atoms with van der Waals surface area (Å²) in [5.74, 6) is 1.41. The van der Waals surface area contributed by atoms with Gasteiger partial charge in [0.15, 0.2) is 11.5 Å². The van der Waals surface area contributed by atoms with E-state index in [-0.39, 0.29) is 0 Å². The van der Waals surface area contributed by atoms with Crippen LogP contribution in [0.3, 0.4) is 0 Å². The Hall–Kier alpha value is -1.38. The zero-order chi connectivity index (χ0) is 8.97. The first-order valence-electron chi connectivity index (χ1n) is 3.84. The standard InChI is InChI=1S/C9H13NO2/c1-3-12-9-6-7(10)4-5-8(9)11-2/h4-6H,3,10H2,1-2H3. The lowest BCUT2D eigenvalue weighted by Gasteiger charge is -2.08. The van der Waals surface area contributed by atoms with Gasteiger partial charge in [-0.15, -0.1) is 0 Å². The largest absolute Gasteiger partial charge is 0.493 e. The van der Waals surface area contributed by atoms with E-state index in [0.29, 0.717) is 23.8 Å². The molecule has 1 rings (SSSR count). The summed E-state index contributed by atoms with van der Waals surface area (Å²) in [4.78, 5) is 0. The molecule has 0 fully saturated rings. The number of ether oxygens (including phenoxy) is 2. The van der Waals surface area contributed by atoms with Gasteiger partial charge in [0.05, 0.1) is 13.7 Å². The molecule has 0 aromatic heterocycles. The van der Waals surface area contributed by atoms with Gasteiger partial charge >= 0.3 is 0 Å². The maximum absolute atomic E-state index is 5.58. The Morgan fingerprint density at radius 2 is 2.08 bits per heavy atom. The highest BCUT2D eigenvalue weighted by molar-refractivity contribution is 5.51. The Balaban J connectivity index is 2.95. The van der Waals surface area contributed by atoms with Crippen molar-refractivity contribution in [2.24, 2.45) is 0 Å². The van der Waals surface area contributed by atoms with Crippen molar-refractivity contribution in [3.63, 3.8) is 0 Å². The number of hydrogen-bond acceptors (Lipinski definition) is 3. The molecule has 0 saturated carbocycles. The first-order chi connectivity index (χ1) is 5.77. The van der Waals surface area contributed by atoms with E-state index in [4.69, 9.17) is 15.2 Å². The zero-order valence-corrected chi connectivity index (χ0v) is 7.33. The molecule has 0 aliphatic heterocycles. The molecule has 0 radical (unpaired) electrons. The molecule has 1 aromatic rings. The van der Waals surface area contributed by atoms with E-state index >= 15 is 0 Å². The third-order valence-electron chi connectivity index (χ3n) is 1.49. The molecule has 1 aromatic carbocycles. The van der Waals surface area contributed by atoms with E-state index in [9.17, 15) is 0 Å². The number of methoxy groups -OCH3 is 1. The lowest BCUT2D eigenvalue weighted by atomic mass is 10.3. The lowest BCUT2D eigenvalue weighted by Crippen LogP contribution is -1.96. The fraction of sp³-hybridized carbons (Fsp3) is 0.333. The van der Waals surface area contributed by atoms with Crippen molar-refractivity contribution in [2.45, 2.75) is 6.92 Å². The summed E-state index contributed by atoms with van der Waals surface area (Å²) < 4.78 is 10.4. The number of hydrogen-bond donors (Lipinski definition) is 1. The van der Waals surface area contributed by atoms with Gasteiger partial charge in [-0.05, 0) is 19.1 Å². The molecule has 3 nitrogen and oxygen atoms in total. The van der Waals surface area contributed by atoms with Gasteiger partial charge in [-0.2, -0.15) is 0 Å². The number of benzene rings is 1. The average molecular weight is 167 g/mol. The van der Waals surface area contributed by atoms with Crippen molar-refractivity contribution in [1.82, 2.24) is 0 Å². The SMILES string of the molecule is CCOc1cc(N)ccc1OC. The van der Waals surface area contributed by atoms with Gasteiger partial charge < -0.3 is 15.2 Å². The van der Waals surface area contributed by atoms with Crippen molar-refractivity contribution in [2.75, 3.05) is 19.5 Å². The second kappa shape index (κ2) is 3.85. The van der Waals surface area contributed by atoms with Crippen molar-refractivity contribution in [3.8, 4) is 11.5 Å². The molecule has 0 aliphatic carbocycles. The Labute approximate surface area is 72.1 Å². The lowest BCUT2D eigenvalue weighted by molar-refractivity contribution is 0.311. The average Bonchev–Trinajstić information content (AvgIpc) is 2.05. The molecule has 0 atom stereocenters. The Bertz CT molecular complexity index is 261. The smallest absolute Gasteiger partial charge is 0.163 e. The van der Waals surface area contributed by atoms with Gasteiger partial charge in [0.1, 0.15) is 0 Å². The number of nitrogens with two attached hydrogens (primary N) is 1. The van der Waals surface area contributed by atoms with Gasteiger partial charge in [0, 0.05) is 11.8 Å². The molecule has 0 amide bonds. The number of anilines is 1. The summed E-state index contributed by atoms with van der Waals surface area (Å²) in [7, 11) is 1.61. The molecular formula is C9H13NO2. The van der Waals surface area contributed by atoms with Crippen LogP contribution in [0.2, 0.25) is 0 Å². The Morgan fingerprint density at radius 1 is 1.33 bits per heavy atom. The fourth-order valence-electron chi connectivity index (χ4n) is 0.962. The van der Waals surface area contributed by atoms with Crippen LogP contribution in [-0.4, -0.2) is 13.7 Å². The maximum Gasteiger partial charge on any atom is 0.163 e. The van der Waals surface area contributed by atoms with E-state index in [2.05, 4.69) is 0 Å². The summed E-state index contributed by atoms with van der Waals surface area (Å²) in [6.07, 6.45) is 0. The number of nitrogen functional groups attached to an aromatic ring is 1. The molecule has 0 saturated heterocycles.